The van der Waals surface area contributed by atoms with Crippen molar-refractivity contribution >= 4 is 43.6 Å². The van der Waals surface area contributed by atoms with Crippen LogP contribution in [-0.4, -0.2) is 5.71 Å². The second-order valence-electron chi connectivity index (χ2n) is 6.38. The quantitative estimate of drug-likeness (QED) is 0.593. The Morgan fingerprint density at radius 2 is 1.62 bits per heavy atom. The number of benzene rings is 2. The maximum atomic E-state index is 4.71. The molecule has 2 atom stereocenters. The van der Waals surface area contributed by atoms with Gasteiger partial charge in [0.1, 0.15) is 0 Å². The zero-order chi connectivity index (χ0) is 16.5. The predicted molar refractivity (Wildman–Crippen MR) is 107 cm³/mol. The molecular formula is C20H18Br2N2. The predicted octanol–water partition coefficient (Wildman–Crippen LogP) is 6.10. The number of nitrogens with zero attached hydrogens (tertiary/aromatic N) is 1. The minimum Gasteiger partial charge on any atom is -0.302 e. The Hall–Kier alpha value is -1.39. The molecule has 1 N–H and O–H groups in total. The third-order valence-electron chi connectivity index (χ3n) is 4.81. The summed E-state index contributed by atoms with van der Waals surface area (Å²) in [5, 5.41) is 4.71. The van der Waals surface area contributed by atoms with Gasteiger partial charge in [0.05, 0.1) is 11.8 Å². The molecule has 2 nitrogen and oxygen atoms in total. The molecule has 24 heavy (non-hydrogen) atoms. The third-order valence-corrected chi connectivity index (χ3v) is 5.87. The monoisotopic (exact) mass is 444 g/mol. The van der Waals surface area contributed by atoms with Crippen LogP contribution in [0.3, 0.4) is 0 Å². The number of rotatable bonds is 2. The van der Waals surface area contributed by atoms with Crippen molar-refractivity contribution in [3.8, 4) is 0 Å². The molecule has 0 spiro atoms. The summed E-state index contributed by atoms with van der Waals surface area (Å²) in [6.45, 7) is 0. The summed E-state index contributed by atoms with van der Waals surface area (Å²) in [6, 6.07) is 17.4. The van der Waals surface area contributed by atoms with E-state index >= 15 is 0 Å². The van der Waals surface area contributed by atoms with Crippen LogP contribution in [0.15, 0.2) is 68.2 Å². The van der Waals surface area contributed by atoms with E-state index in [0.717, 1.165) is 15.4 Å². The van der Waals surface area contributed by atoms with Crippen LogP contribution < -0.4 is 5.43 Å². The molecule has 1 saturated carbocycles. The summed E-state index contributed by atoms with van der Waals surface area (Å²) in [4.78, 5) is 0. The second kappa shape index (κ2) is 6.85. The van der Waals surface area contributed by atoms with Crippen molar-refractivity contribution in [3.63, 3.8) is 0 Å². The number of hydrogen-bond acceptors (Lipinski definition) is 2. The molecule has 2 aromatic rings. The van der Waals surface area contributed by atoms with Crippen LogP contribution in [0.5, 0.6) is 0 Å². The van der Waals surface area contributed by atoms with Crippen LogP contribution in [0.25, 0.3) is 6.08 Å². The third kappa shape index (κ3) is 3.22. The average Bonchev–Trinajstić information content (AvgIpc) is 3.03. The molecule has 2 aliphatic rings. The van der Waals surface area contributed by atoms with Gasteiger partial charge in [-0.1, -0.05) is 56.1 Å². The summed E-state index contributed by atoms with van der Waals surface area (Å²) in [7, 11) is 0. The fourth-order valence-corrected chi connectivity index (χ4v) is 4.14. The van der Waals surface area contributed by atoms with Gasteiger partial charge in [0.25, 0.3) is 0 Å². The first kappa shape index (κ1) is 16.1. The van der Waals surface area contributed by atoms with Crippen molar-refractivity contribution in [2.45, 2.75) is 25.3 Å². The Labute approximate surface area is 159 Å². The highest BCUT2D eigenvalue weighted by Crippen LogP contribution is 2.39. The molecule has 1 aliphatic carbocycles. The SMILES string of the molecule is Brc1ccc(/C=C2\CCCC3C2=NNC3c2ccc(Br)cc2)cc1. The zero-order valence-electron chi connectivity index (χ0n) is 13.2. The Bertz CT molecular complexity index is 791. The molecule has 0 radical (unpaired) electrons. The molecule has 2 unspecified atom stereocenters. The Balaban J connectivity index is 1.60. The molecule has 4 heteroatoms. The van der Waals surface area contributed by atoms with E-state index in [0.29, 0.717) is 12.0 Å². The van der Waals surface area contributed by atoms with Crippen molar-refractivity contribution in [2.75, 3.05) is 0 Å². The molecule has 4 rings (SSSR count). The van der Waals surface area contributed by atoms with Gasteiger partial charge in [0.15, 0.2) is 0 Å². The molecule has 0 bridgehead atoms. The summed E-state index contributed by atoms with van der Waals surface area (Å²) in [6.07, 6.45) is 5.83. The standard InChI is InChI=1S/C20H18Br2N2/c21-16-8-4-13(5-9-16)12-15-2-1-3-18-19(23-24-20(15)18)14-6-10-17(22)11-7-14/h4-12,18-19,23H,1-3H2/b15-12+. The van der Waals surface area contributed by atoms with Crippen molar-refractivity contribution in [1.29, 1.82) is 0 Å². The summed E-state index contributed by atoms with van der Waals surface area (Å²) in [5.41, 5.74) is 8.56. The Morgan fingerprint density at radius 1 is 0.958 bits per heavy atom. The lowest BCUT2D eigenvalue weighted by Gasteiger charge is -2.26. The van der Waals surface area contributed by atoms with E-state index in [2.05, 4.69) is 91.9 Å². The molecule has 122 valence electrons. The lowest BCUT2D eigenvalue weighted by Crippen LogP contribution is -2.25. The first-order chi connectivity index (χ1) is 11.7. The lowest BCUT2D eigenvalue weighted by atomic mass is 9.78. The maximum Gasteiger partial charge on any atom is 0.0773 e. The van der Waals surface area contributed by atoms with Crippen LogP contribution >= 0.6 is 31.9 Å². The van der Waals surface area contributed by atoms with Crippen LogP contribution in [0.2, 0.25) is 0 Å². The van der Waals surface area contributed by atoms with Crippen LogP contribution in [-0.2, 0) is 0 Å². The van der Waals surface area contributed by atoms with Gasteiger partial charge in [-0.25, -0.2) is 0 Å². The average molecular weight is 446 g/mol. The minimum atomic E-state index is 0.293. The van der Waals surface area contributed by atoms with Crippen LogP contribution in [0.4, 0.5) is 0 Å². The van der Waals surface area contributed by atoms with Gasteiger partial charge in [-0.2, -0.15) is 5.10 Å². The molecule has 0 aromatic heterocycles. The summed E-state index contributed by atoms with van der Waals surface area (Å²) >= 11 is 7.01. The fourth-order valence-electron chi connectivity index (χ4n) is 3.61. The van der Waals surface area contributed by atoms with Gasteiger partial charge in [0, 0.05) is 14.9 Å². The van der Waals surface area contributed by atoms with E-state index < -0.39 is 0 Å². The Morgan fingerprint density at radius 3 is 2.33 bits per heavy atom. The second-order valence-corrected chi connectivity index (χ2v) is 8.21. The van der Waals surface area contributed by atoms with Crippen LogP contribution in [0.1, 0.15) is 36.4 Å². The van der Waals surface area contributed by atoms with E-state index in [1.54, 1.807) is 0 Å². The molecule has 1 heterocycles. The number of hydrogen-bond donors (Lipinski definition) is 1. The van der Waals surface area contributed by atoms with E-state index in [4.69, 9.17) is 5.10 Å². The van der Waals surface area contributed by atoms with Gasteiger partial charge in [-0.3, -0.25) is 0 Å². The summed E-state index contributed by atoms with van der Waals surface area (Å²) in [5.74, 6) is 0.474. The smallest absolute Gasteiger partial charge is 0.0773 e. The first-order valence-corrected chi connectivity index (χ1v) is 9.84. The van der Waals surface area contributed by atoms with Gasteiger partial charge < -0.3 is 5.43 Å². The number of hydrazone groups is 1. The lowest BCUT2D eigenvalue weighted by molar-refractivity contribution is 0.451. The van der Waals surface area contributed by atoms with Gasteiger partial charge in [-0.05, 0) is 66.3 Å². The molecule has 1 aliphatic heterocycles. The zero-order valence-corrected chi connectivity index (χ0v) is 16.3. The largest absolute Gasteiger partial charge is 0.302 e. The number of nitrogens with one attached hydrogen (secondary N) is 1. The highest BCUT2D eigenvalue weighted by molar-refractivity contribution is 9.10. The Kier molecular flexibility index (Phi) is 4.59. The summed E-state index contributed by atoms with van der Waals surface area (Å²) < 4.78 is 2.23. The highest BCUT2D eigenvalue weighted by Gasteiger charge is 2.36. The number of halogens is 2. The van der Waals surface area contributed by atoms with Crippen molar-refractivity contribution < 1.29 is 0 Å². The normalized spacial score (nSPS) is 24.4. The van der Waals surface area contributed by atoms with E-state index in [1.807, 2.05) is 0 Å². The first-order valence-electron chi connectivity index (χ1n) is 8.26. The highest BCUT2D eigenvalue weighted by atomic mass is 79.9. The van der Waals surface area contributed by atoms with E-state index in [1.165, 1.54) is 35.3 Å². The number of allylic oxidation sites excluding steroid dienone is 1. The molecular weight excluding hydrogens is 428 g/mol. The van der Waals surface area contributed by atoms with Crippen molar-refractivity contribution in [3.05, 3.63) is 74.2 Å². The van der Waals surface area contributed by atoms with Gasteiger partial charge in [-0.15, -0.1) is 0 Å². The van der Waals surface area contributed by atoms with E-state index in [-0.39, 0.29) is 0 Å². The van der Waals surface area contributed by atoms with Gasteiger partial charge in [0.2, 0.25) is 0 Å². The molecule has 1 fully saturated rings. The number of fused-ring (bicyclic) bond motifs is 1. The minimum absolute atomic E-state index is 0.293. The van der Waals surface area contributed by atoms with Crippen LogP contribution in [0, 0.1) is 5.92 Å². The topological polar surface area (TPSA) is 24.4 Å². The molecule has 2 aromatic carbocycles. The van der Waals surface area contributed by atoms with Crippen molar-refractivity contribution in [2.24, 2.45) is 11.0 Å². The maximum absolute atomic E-state index is 4.71. The van der Waals surface area contributed by atoms with E-state index in [9.17, 15) is 0 Å². The van der Waals surface area contributed by atoms with Gasteiger partial charge >= 0.3 is 0 Å². The molecule has 0 saturated heterocycles. The fraction of sp³-hybridized carbons (Fsp3) is 0.250. The molecule has 0 amide bonds. The van der Waals surface area contributed by atoms with Crippen molar-refractivity contribution in [1.82, 2.24) is 5.43 Å².